The van der Waals surface area contributed by atoms with Gasteiger partial charge in [0.15, 0.2) is 0 Å². The number of likely N-dealkylation sites (N-methyl/N-ethyl adjacent to an activating group) is 1. The quantitative estimate of drug-likeness (QED) is 0.0339. The van der Waals surface area contributed by atoms with Gasteiger partial charge in [0.2, 0.25) is 5.91 Å². The lowest BCUT2D eigenvalue weighted by atomic mass is 9.99. The molecule has 0 spiro atoms. The van der Waals surface area contributed by atoms with Gasteiger partial charge in [0.25, 0.3) is 0 Å². The predicted molar refractivity (Wildman–Crippen MR) is 208 cm³/mol. The van der Waals surface area contributed by atoms with Crippen LogP contribution in [0.5, 0.6) is 0 Å². The van der Waals surface area contributed by atoms with Gasteiger partial charge < -0.3 is 66.4 Å². The molecule has 0 bridgehead atoms. The second-order valence-electron chi connectivity index (χ2n) is 14.2. The number of ether oxygens (including phenoxy) is 1. The Labute approximate surface area is 329 Å². The van der Waals surface area contributed by atoms with Crippen molar-refractivity contribution in [2.45, 2.75) is 113 Å². The molecular formula is C40H65N3O13. The summed E-state index contributed by atoms with van der Waals surface area (Å²) < 4.78 is 5.04. The van der Waals surface area contributed by atoms with Crippen LogP contribution < -0.4 is 5.73 Å². The van der Waals surface area contributed by atoms with Crippen LogP contribution in [-0.2, 0) is 27.2 Å². The Kier molecular flexibility index (Phi) is 22.8. The van der Waals surface area contributed by atoms with E-state index < -0.39 is 87.1 Å². The minimum Gasteiger partial charge on any atom is -0.467 e. The molecule has 0 saturated heterocycles. The fourth-order valence-electron chi connectivity index (χ4n) is 6.51. The highest BCUT2D eigenvalue weighted by Gasteiger charge is 2.35. The smallest absolute Gasteiger partial charge is 0.328 e. The Morgan fingerprint density at radius 2 is 1.12 bits per heavy atom. The van der Waals surface area contributed by atoms with Gasteiger partial charge in [0.05, 0.1) is 32.5 Å². The van der Waals surface area contributed by atoms with Gasteiger partial charge in [-0.1, -0.05) is 48.5 Å². The molecule has 1 amide bonds. The Morgan fingerprint density at radius 1 is 0.661 bits per heavy atom. The van der Waals surface area contributed by atoms with Gasteiger partial charge in [-0.15, -0.1) is 0 Å². The fraction of sp³-hybridized carbons (Fsp3) is 0.650. The molecular weight excluding hydrogens is 730 g/mol. The van der Waals surface area contributed by atoms with Gasteiger partial charge in [0, 0.05) is 26.1 Å². The molecule has 0 radical (unpaired) electrons. The van der Waals surface area contributed by atoms with Crippen LogP contribution in [0.2, 0.25) is 0 Å². The molecule has 318 valence electrons. The number of benzene rings is 2. The van der Waals surface area contributed by atoms with E-state index in [1.165, 1.54) is 22.5 Å². The zero-order chi connectivity index (χ0) is 41.8. The molecule has 12 N–H and O–H groups in total. The van der Waals surface area contributed by atoms with E-state index in [0.29, 0.717) is 25.8 Å². The monoisotopic (exact) mass is 795 g/mol. The Balaban J connectivity index is 2.06. The molecule has 0 saturated carbocycles. The average Bonchev–Trinajstić information content (AvgIpc) is 3.22. The number of aliphatic hydroxyl groups is 10. The predicted octanol–water partition coefficient (Wildman–Crippen LogP) is -1.70. The lowest BCUT2D eigenvalue weighted by Gasteiger charge is -2.34. The van der Waals surface area contributed by atoms with E-state index in [2.05, 4.69) is 24.3 Å². The second-order valence-corrected chi connectivity index (χ2v) is 14.2. The number of unbranched alkanes of at least 4 members (excludes halogenated alkanes) is 2. The van der Waals surface area contributed by atoms with Crippen LogP contribution in [0.4, 0.5) is 0 Å². The summed E-state index contributed by atoms with van der Waals surface area (Å²) in [7, 11) is 1.23. The maximum atomic E-state index is 13.5. The Hall–Kier alpha value is -3.10. The zero-order valence-electron chi connectivity index (χ0n) is 32.6. The second kappa shape index (κ2) is 26.0. The first-order valence-corrected chi connectivity index (χ1v) is 19.4. The summed E-state index contributed by atoms with van der Waals surface area (Å²) in [5.74, 6) is -0.836. The summed E-state index contributed by atoms with van der Waals surface area (Å²) in [6, 6.07) is 15.5. The molecule has 2 rings (SSSR count). The Morgan fingerprint density at radius 3 is 1.55 bits per heavy atom. The van der Waals surface area contributed by atoms with E-state index in [1.807, 2.05) is 24.3 Å². The molecule has 9 atom stereocenters. The molecule has 0 fully saturated rings. The lowest BCUT2D eigenvalue weighted by molar-refractivity contribution is -0.153. The van der Waals surface area contributed by atoms with Crippen LogP contribution in [0.15, 0.2) is 48.5 Å². The maximum Gasteiger partial charge on any atom is 0.328 e. The normalized spacial score (nSPS) is 16.7. The SMILES string of the molecule is CCN(C(=O)CCc1ccc(-c2ccc(CCCCN)cc2)cc1)[C@@H](CCCCN(C[C@H](O)[C@@H](O)[C@H](O)[C@H](O)CO)C[C@H](O)[C@@H](O)[C@H](O)[C@H](O)CO)C(=O)OC. The molecule has 16 heteroatoms. The van der Waals surface area contributed by atoms with Crippen molar-refractivity contribution in [2.75, 3.05) is 53.0 Å². The molecule has 0 aliphatic carbocycles. The molecule has 16 nitrogen and oxygen atoms in total. The van der Waals surface area contributed by atoms with Gasteiger partial charge in [0.1, 0.15) is 42.7 Å². The number of hydrogen-bond donors (Lipinski definition) is 11. The number of nitrogens with zero attached hydrogens (tertiary/aromatic N) is 2. The largest absolute Gasteiger partial charge is 0.467 e. The molecule has 0 aliphatic rings. The highest BCUT2D eigenvalue weighted by atomic mass is 16.5. The van der Waals surface area contributed by atoms with Crippen LogP contribution in [0.25, 0.3) is 11.1 Å². The van der Waals surface area contributed by atoms with Gasteiger partial charge in [-0.3, -0.25) is 9.69 Å². The zero-order valence-corrected chi connectivity index (χ0v) is 32.6. The third kappa shape index (κ3) is 15.7. The summed E-state index contributed by atoms with van der Waals surface area (Å²) in [6.07, 6.45) is -10.1. The summed E-state index contributed by atoms with van der Waals surface area (Å²) in [4.78, 5) is 29.3. The van der Waals surface area contributed by atoms with Crippen LogP contribution >= 0.6 is 0 Å². The van der Waals surface area contributed by atoms with Crippen molar-refractivity contribution in [1.29, 1.82) is 0 Å². The van der Waals surface area contributed by atoms with E-state index >= 15 is 0 Å². The minimum absolute atomic E-state index is 0.0771. The summed E-state index contributed by atoms with van der Waals surface area (Å²) in [5.41, 5.74) is 9.97. The molecule has 56 heavy (non-hydrogen) atoms. The van der Waals surface area contributed by atoms with E-state index in [0.717, 1.165) is 36.0 Å². The summed E-state index contributed by atoms with van der Waals surface area (Å²) in [6.45, 7) is 0.164. The number of aliphatic hydroxyl groups excluding tert-OH is 10. The van der Waals surface area contributed by atoms with Crippen LogP contribution in [-0.4, -0.2) is 181 Å². The number of carbonyl (C=O) groups is 2. The van der Waals surface area contributed by atoms with Crippen LogP contribution in [0.1, 0.15) is 56.6 Å². The van der Waals surface area contributed by atoms with Crippen molar-refractivity contribution in [3.8, 4) is 11.1 Å². The van der Waals surface area contributed by atoms with E-state index in [9.17, 15) is 50.4 Å². The van der Waals surface area contributed by atoms with Crippen LogP contribution in [0.3, 0.4) is 0 Å². The van der Waals surface area contributed by atoms with E-state index in [-0.39, 0.29) is 31.8 Å². The van der Waals surface area contributed by atoms with Crippen molar-refractivity contribution in [2.24, 2.45) is 5.73 Å². The number of methoxy groups -OCH3 is 1. The molecule has 0 aromatic heterocycles. The average molecular weight is 796 g/mol. The topological polar surface area (TPSA) is 278 Å². The fourth-order valence-corrected chi connectivity index (χ4v) is 6.51. The van der Waals surface area contributed by atoms with Gasteiger partial charge >= 0.3 is 5.97 Å². The van der Waals surface area contributed by atoms with Crippen molar-refractivity contribution in [3.63, 3.8) is 0 Å². The van der Waals surface area contributed by atoms with Gasteiger partial charge in [-0.05, 0) is 87.2 Å². The molecule has 0 heterocycles. The number of esters is 1. The first-order chi connectivity index (χ1) is 26.7. The third-order valence-electron chi connectivity index (χ3n) is 10.0. The standard InChI is InChI=1S/C40H65N3O13/c1-3-43(35(50)19-14-27-12-17-29(18-13-27)28-15-10-26(11-16-28)8-4-6-20-41)30(40(55)56-2)9-5-7-21-42(22-31(46)36(51)38(53)33(48)24-44)23-32(47)37(52)39(54)34(49)25-45/h10-13,15-18,30-34,36-39,44-49,51-54H,3-9,14,19-25,41H2,1-2H3/t30-,31-,32-,33+,34+,36+,37+,38+,39+/m0/s1. The summed E-state index contributed by atoms with van der Waals surface area (Å²) in [5, 5.41) is 99.7. The molecule has 0 aliphatic heterocycles. The first kappa shape index (κ1) is 49.0. The number of carbonyl (C=O) groups excluding carboxylic acids is 2. The molecule has 0 unspecified atom stereocenters. The minimum atomic E-state index is -1.91. The van der Waals surface area contributed by atoms with Crippen molar-refractivity contribution in [3.05, 3.63) is 59.7 Å². The number of nitrogens with two attached hydrogens (primary N) is 1. The van der Waals surface area contributed by atoms with Crippen molar-refractivity contribution >= 4 is 11.9 Å². The van der Waals surface area contributed by atoms with Crippen molar-refractivity contribution in [1.82, 2.24) is 9.80 Å². The highest BCUT2D eigenvalue weighted by molar-refractivity contribution is 5.84. The Bertz CT molecular complexity index is 1360. The number of rotatable bonds is 28. The number of aryl methyl sites for hydroxylation is 2. The third-order valence-corrected chi connectivity index (χ3v) is 10.0. The van der Waals surface area contributed by atoms with Gasteiger partial charge in [-0.2, -0.15) is 0 Å². The van der Waals surface area contributed by atoms with Crippen molar-refractivity contribution < 1.29 is 65.4 Å². The summed E-state index contributed by atoms with van der Waals surface area (Å²) >= 11 is 0. The first-order valence-electron chi connectivity index (χ1n) is 19.4. The van der Waals surface area contributed by atoms with Crippen LogP contribution in [0, 0.1) is 0 Å². The number of amides is 1. The lowest BCUT2D eigenvalue weighted by Crippen LogP contribution is -2.53. The molecule has 2 aromatic carbocycles. The van der Waals surface area contributed by atoms with E-state index in [1.54, 1.807) is 6.92 Å². The van der Waals surface area contributed by atoms with Gasteiger partial charge in [-0.25, -0.2) is 4.79 Å². The highest BCUT2D eigenvalue weighted by Crippen LogP contribution is 2.22. The molecule has 2 aromatic rings. The van der Waals surface area contributed by atoms with E-state index in [4.69, 9.17) is 20.7 Å². The maximum absolute atomic E-state index is 13.5. The number of hydrogen-bond acceptors (Lipinski definition) is 15.